The molecule has 10 rings (SSSR count). The predicted octanol–water partition coefficient (Wildman–Crippen LogP) is 5.33. The smallest absolute Gasteiger partial charge is 0.328 e. The number of piperidine rings is 2. The highest BCUT2D eigenvalue weighted by Gasteiger charge is 2.43. The number of phenolic OH excluding ortho intramolecular Hbond substituents is 1. The minimum atomic E-state index is -1.08. The fourth-order valence-corrected chi connectivity index (χ4v) is 10.3. The number of aromatic nitrogens is 4. The summed E-state index contributed by atoms with van der Waals surface area (Å²) in [5.74, 6) is 0.471. The Labute approximate surface area is 370 Å². The Morgan fingerprint density at radius 3 is 2.56 bits per heavy atom. The first-order valence-electron chi connectivity index (χ1n) is 22.2. The number of rotatable bonds is 8. The molecule has 0 radical (unpaired) electrons. The number of aryl methyl sites for hydroxylation is 2. The van der Waals surface area contributed by atoms with Crippen LogP contribution in [0.4, 0.5) is 26.4 Å². The maximum absolute atomic E-state index is 16.1. The number of carbonyl (C=O) groups excluding carboxylic acids is 3. The molecule has 5 aliphatic heterocycles. The molecule has 334 valence electrons. The van der Waals surface area contributed by atoms with Crippen LogP contribution in [0.2, 0.25) is 0 Å². The van der Waals surface area contributed by atoms with Gasteiger partial charge in [-0.05, 0) is 86.1 Å². The molecule has 17 heteroatoms. The van der Waals surface area contributed by atoms with Gasteiger partial charge in [0.2, 0.25) is 5.91 Å². The molecule has 4 amide bonds. The normalized spacial score (nSPS) is 24.6. The predicted molar refractivity (Wildman–Crippen MR) is 238 cm³/mol. The molecule has 0 saturated carbocycles. The Balaban J connectivity index is 0.748. The SMILES string of the molecule is Cc1cc([C@@H]2CN(c3cc(-c4ccccc4O)nnc3N)[C@@H]3COC[C@@H]3O2)ccc1C(=O)N1CCC(CN2CC[C@H](n3cc(C)c4cc(N5CCC(=O)NC5=O)cnc43)[C@H](F)C2)CC1. The average Bonchev–Trinajstić information content (AvgIpc) is 3.90. The third-order valence-corrected chi connectivity index (χ3v) is 13.8. The van der Waals surface area contributed by atoms with Crippen molar-refractivity contribution in [3.05, 3.63) is 89.2 Å². The molecule has 5 saturated heterocycles. The number of nitrogens with zero attached hydrogens (tertiary/aromatic N) is 8. The molecule has 64 heavy (non-hydrogen) atoms. The third kappa shape index (κ3) is 7.89. The quantitative estimate of drug-likeness (QED) is 0.183. The van der Waals surface area contributed by atoms with E-state index in [2.05, 4.69) is 30.3 Å². The number of pyridine rings is 1. The highest BCUT2D eigenvalue weighted by molar-refractivity contribution is 6.06. The number of benzene rings is 2. The monoisotopic (exact) mass is 872 g/mol. The molecule has 4 N–H and O–H groups in total. The van der Waals surface area contributed by atoms with Gasteiger partial charge in [0.1, 0.15) is 29.8 Å². The maximum atomic E-state index is 16.1. The molecule has 5 aliphatic rings. The number of nitrogens with one attached hydrogen (secondary N) is 1. The van der Waals surface area contributed by atoms with Gasteiger partial charge in [0.25, 0.3) is 5.91 Å². The number of hydrogen-bond acceptors (Lipinski definition) is 12. The molecule has 5 aromatic rings. The molecule has 3 aromatic heterocycles. The van der Waals surface area contributed by atoms with E-state index < -0.39 is 12.2 Å². The number of fused-ring (bicyclic) bond motifs is 2. The van der Waals surface area contributed by atoms with Crippen LogP contribution in [0.1, 0.15) is 64.9 Å². The Morgan fingerprint density at radius 1 is 0.953 bits per heavy atom. The van der Waals surface area contributed by atoms with Crippen LogP contribution in [0.15, 0.2) is 67.0 Å². The van der Waals surface area contributed by atoms with Crippen LogP contribution >= 0.6 is 0 Å². The lowest BCUT2D eigenvalue weighted by molar-refractivity contribution is -0.120. The second kappa shape index (κ2) is 17.1. The molecule has 8 heterocycles. The van der Waals surface area contributed by atoms with E-state index in [0.717, 1.165) is 48.0 Å². The van der Waals surface area contributed by atoms with Crippen molar-refractivity contribution >= 4 is 46.1 Å². The molecule has 0 aliphatic carbocycles. The van der Waals surface area contributed by atoms with Gasteiger partial charge in [-0.15, -0.1) is 10.2 Å². The first kappa shape index (κ1) is 41.8. The number of hydrogen-bond donors (Lipinski definition) is 3. The van der Waals surface area contributed by atoms with Crippen molar-refractivity contribution in [1.29, 1.82) is 0 Å². The number of amides is 4. The number of urea groups is 1. The number of phenols is 1. The lowest BCUT2D eigenvalue weighted by Crippen LogP contribution is -2.52. The van der Waals surface area contributed by atoms with E-state index in [9.17, 15) is 19.5 Å². The summed E-state index contributed by atoms with van der Waals surface area (Å²) in [5.41, 5.74) is 13.0. The van der Waals surface area contributed by atoms with Crippen LogP contribution in [-0.4, -0.2) is 130 Å². The van der Waals surface area contributed by atoms with E-state index in [1.165, 1.54) is 4.90 Å². The number of anilines is 3. The standard InChI is InChI=1S/C47H53FN10O6/c1-27-17-30(41-24-57(39-25-63-26-42(39)64-41)38-19-36(52-53-44(38)49)33-5-3-4-6-40(33)59)7-8-32(27)46(61)55-14-9-29(10-15-55)22-54-13-11-37(35(48)23-54)58-21-28(2)34-18-31(20-50-45(34)58)56-16-12-43(60)51-47(56)62/h3-8,17-21,29,35,37,39,41-42,59H,9-16,22-26H2,1-2H3,(H2,49,53)(H,51,60,62)/t35-,37+,39-,41+,42+/m1/s1. The van der Waals surface area contributed by atoms with Crippen LogP contribution in [0, 0.1) is 19.8 Å². The minimum Gasteiger partial charge on any atom is -0.507 e. The number of morpholine rings is 1. The largest absolute Gasteiger partial charge is 0.507 e. The van der Waals surface area contributed by atoms with Gasteiger partial charge in [0.05, 0.1) is 48.6 Å². The van der Waals surface area contributed by atoms with Gasteiger partial charge in [0.15, 0.2) is 5.82 Å². The number of nitrogen functional groups attached to an aromatic ring is 1. The van der Waals surface area contributed by atoms with E-state index in [1.807, 2.05) is 65.9 Å². The fourth-order valence-electron chi connectivity index (χ4n) is 10.3. The summed E-state index contributed by atoms with van der Waals surface area (Å²) in [6.07, 6.45) is 4.56. The zero-order valence-electron chi connectivity index (χ0n) is 36.0. The van der Waals surface area contributed by atoms with Crippen molar-refractivity contribution in [2.24, 2.45) is 5.92 Å². The number of ether oxygens (including phenoxy) is 2. The topological polar surface area (TPSA) is 185 Å². The van der Waals surface area contributed by atoms with E-state index >= 15 is 4.39 Å². The number of aromatic hydroxyl groups is 1. The first-order valence-corrected chi connectivity index (χ1v) is 22.2. The summed E-state index contributed by atoms with van der Waals surface area (Å²) in [6.45, 7) is 8.80. The molecule has 16 nitrogen and oxygen atoms in total. The summed E-state index contributed by atoms with van der Waals surface area (Å²) in [6, 6.07) is 15.8. The van der Waals surface area contributed by atoms with Crippen molar-refractivity contribution in [1.82, 2.24) is 34.9 Å². The summed E-state index contributed by atoms with van der Waals surface area (Å²) < 4.78 is 30.5. The average molecular weight is 873 g/mol. The summed E-state index contributed by atoms with van der Waals surface area (Å²) in [4.78, 5) is 50.6. The zero-order chi connectivity index (χ0) is 44.2. The molecule has 0 bridgehead atoms. The Morgan fingerprint density at radius 2 is 1.78 bits per heavy atom. The van der Waals surface area contributed by atoms with Crippen molar-refractivity contribution in [2.75, 3.05) is 74.6 Å². The molecule has 5 atom stereocenters. The molecule has 0 unspecified atom stereocenters. The minimum absolute atomic E-state index is 0.0131. The number of para-hydroxylation sites is 1. The van der Waals surface area contributed by atoms with Crippen molar-refractivity contribution in [2.45, 2.75) is 70.0 Å². The van der Waals surface area contributed by atoms with Crippen LogP contribution < -0.4 is 20.9 Å². The zero-order valence-corrected chi connectivity index (χ0v) is 36.0. The highest BCUT2D eigenvalue weighted by atomic mass is 19.1. The maximum Gasteiger partial charge on any atom is 0.328 e. The molecular formula is C47H53FN10O6. The molecule has 2 aromatic carbocycles. The summed E-state index contributed by atoms with van der Waals surface area (Å²) in [7, 11) is 0. The number of nitrogens with two attached hydrogens (primary N) is 1. The molecule has 0 spiro atoms. The van der Waals surface area contributed by atoms with Crippen LogP contribution in [0.25, 0.3) is 22.3 Å². The summed E-state index contributed by atoms with van der Waals surface area (Å²) >= 11 is 0. The number of alkyl halides is 1. The van der Waals surface area contributed by atoms with E-state index in [-0.39, 0.29) is 60.6 Å². The van der Waals surface area contributed by atoms with Crippen molar-refractivity contribution in [3.63, 3.8) is 0 Å². The second-order valence-electron chi connectivity index (χ2n) is 17.9. The Bertz CT molecular complexity index is 2620. The van der Waals surface area contributed by atoms with Gasteiger partial charge in [-0.2, -0.15) is 0 Å². The first-order chi connectivity index (χ1) is 31.0. The van der Waals surface area contributed by atoms with Crippen molar-refractivity contribution < 1.29 is 33.4 Å². The van der Waals surface area contributed by atoms with Crippen molar-refractivity contribution in [3.8, 4) is 17.0 Å². The number of imide groups is 1. The van der Waals surface area contributed by atoms with Crippen LogP contribution in [0.5, 0.6) is 5.75 Å². The Hall–Kier alpha value is -6.17. The van der Waals surface area contributed by atoms with Gasteiger partial charge >= 0.3 is 6.03 Å². The third-order valence-electron chi connectivity index (χ3n) is 13.8. The van der Waals surface area contributed by atoms with Crippen LogP contribution in [0.3, 0.4) is 0 Å². The fraction of sp³-hybridized carbons (Fsp3) is 0.447. The number of carbonyl (C=O) groups is 3. The summed E-state index contributed by atoms with van der Waals surface area (Å²) in [5, 5.41) is 22.3. The lowest BCUT2D eigenvalue weighted by atomic mass is 9.93. The lowest BCUT2D eigenvalue weighted by Gasteiger charge is -2.42. The van der Waals surface area contributed by atoms with Gasteiger partial charge in [-0.3, -0.25) is 19.8 Å². The van der Waals surface area contributed by atoms with Gasteiger partial charge < -0.3 is 39.6 Å². The molecular weight excluding hydrogens is 820 g/mol. The number of likely N-dealkylation sites (tertiary alicyclic amines) is 2. The van der Waals surface area contributed by atoms with Gasteiger partial charge in [-0.1, -0.05) is 24.3 Å². The van der Waals surface area contributed by atoms with E-state index in [0.29, 0.717) is 85.6 Å². The van der Waals surface area contributed by atoms with Gasteiger partial charge in [-0.25, -0.2) is 14.2 Å². The Kier molecular flexibility index (Phi) is 11.2. The van der Waals surface area contributed by atoms with E-state index in [4.69, 9.17) is 15.2 Å². The van der Waals surface area contributed by atoms with E-state index in [1.54, 1.807) is 24.4 Å². The second-order valence-corrected chi connectivity index (χ2v) is 17.9. The highest BCUT2D eigenvalue weighted by Crippen LogP contribution is 2.40. The van der Waals surface area contributed by atoms with Gasteiger partial charge in [0, 0.05) is 74.9 Å². The van der Waals surface area contributed by atoms with Crippen LogP contribution in [-0.2, 0) is 14.3 Å². The molecule has 5 fully saturated rings. The number of halogens is 1.